The van der Waals surface area contributed by atoms with Crippen molar-refractivity contribution in [1.29, 1.82) is 0 Å². The molecule has 1 N–H and O–H groups in total. The molecule has 0 bridgehead atoms. The maximum absolute atomic E-state index is 10.9. The van der Waals surface area contributed by atoms with Crippen molar-refractivity contribution in [1.82, 2.24) is 5.32 Å². The lowest BCUT2D eigenvalue weighted by molar-refractivity contribution is -0.384. The van der Waals surface area contributed by atoms with Crippen molar-refractivity contribution in [3.8, 4) is 0 Å². The molecule has 1 aliphatic carbocycles. The quantitative estimate of drug-likeness (QED) is 0.611. The fraction of sp³-hybridized carbons (Fsp3) is 0.600. The largest absolute Gasteiger partial charge is 0.309 e. The van der Waals surface area contributed by atoms with E-state index in [9.17, 15) is 10.1 Å². The van der Waals surface area contributed by atoms with Gasteiger partial charge in [0.05, 0.1) is 4.92 Å². The molecule has 0 aromatic heterocycles. The van der Waals surface area contributed by atoms with Gasteiger partial charge in [-0.1, -0.05) is 25.5 Å². The van der Waals surface area contributed by atoms with E-state index in [2.05, 4.69) is 18.5 Å². The van der Waals surface area contributed by atoms with Crippen LogP contribution >= 0.6 is 11.8 Å². The highest BCUT2D eigenvalue weighted by Gasteiger charge is 2.36. The van der Waals surface area contributed by atoms with E-state index in [0.29, 0.717) is 4.75 Å². The van der Waals surface area contributed by atoms with E-state index >= 15 is 0 Å². The number of non-ortho nitro benzene ring substituents is 1. The number of hydrogen-bond acceptors (Lipinski definition) is 4. The second kappa shape index (κ2) is 6.59. The monoisotopic (exact) mass is 294 g/mol. The molecule has 0 amide bonds. The Labute approximate surface area is 124 Å². The first-order chi connectivity index (χ1) is 9.60. The van der Waals surface area contributed by atoms with Crippen LogP contribution in [-0.2, 0) is 0 Å². The zero-order chi connectivity index (χ0) is 14.6. The topological polar surface area (TPSA) is 55.2 Å². The van der Waals surface area contributed by atoms with Crippen LogP contribution in [0, 0.1) is 10.1 Å². The highest BCUT2D eigenvalue weighted by Crippen LogP contribution is 2.42. The molecule has 1 fully saturated rings. The maximum Gasteiger partial charge on any atom is 0.269 e. The Morgan fingerprint density at radius 3 is 2.75 bits per heavy atom. The SMILES string of the molecule is CCC(NCC1(SC)CCC1)c1cccc([N+](=O)[O-])c1. The van der Waals surface area contributed by atoms with E-state index in [-0.39, 0.29) is 16.7 Å². The minimum Gasteiger partial charge on any atom is -0.309 e. The third-order valence-corrected chi connectivity index (χ3v) is 5.68. The Kier molecular flexibility index (Phi) is 5.05. The summed E-state index contributed by atoms with van der Waals surface area (Å²) in [7, 11) is 0. The lowest BCUT2D eigenvalue weighted by Gasteiger charge is -2.41. The molecule has 0 spiro atoms. The summed E-state index contributed by atoms with van der Waals surface area (Å²) >= 11 is 1.94. The van der Waals surface area contributed by atoms with Gasteiger partial charge in [-0.15, -0.1) is 0 Å². The van der Waals surface area contributed by atoms with Crippen LogP contribution in [0.2, 0.25) is 0 Å². The second-order valence-electron chi connectivity index (χ2n) is 5.43. The lowest BCUT2D eigenvalue weighted by atomic mass is 9.84. The van der Waals surface area contributed by atoms with Gasteiger partial charge < -0.3 is 5.32 Å². The summed E-state index contributed by atoms with van der Waals surface area (Å²) in [5, 5.41) is 14.5. The Bertz CT molecular complexity index is 469. The van der Waals surface area contributed by atoms with Crippen molar-refractivity contribution in [2.24, 2.45) is 0 Å². The molecule has 1 unspecified atom stereocenters. The minimum atomic E-state index is -0.328. The average Bonchev–Trinajstić information content (AvgIpc) is 2.42. The molecule has 1 aliphatic rings. The molecule has 1 saturated carbocycles. The fourth-order valence-corrected chi connectivity index (χ4v) is 3.61. The predicted molar refractivity (Wildman–Crippen MR) is 84.2 cm³/mol. The van der Waals surface area contributed by atoms with Crippen LogP contribution in [0.5, 0.6) is 0 Å². The molecule has 0 saturated heterocycles. The highest BCUT2D eigenvalue weighted by atomic mass is 32.2. The van der Waals surface area contributed by atoms with Crippen LogP contribution in [0.25, 0.3) is 0 Å². The molecule has 0 heterocycles. The molecule has 0 aliphatic heterocycles. The van der Waals surface area contributed by atoms with Gasteiger partial charge in [0.2, 0.25) is 0 Å². The van der Waals surface area contributed by atoms with Crippen molar-refractivity contribution >= 4 is 17.4 Å². The average molecular weight is 294 g/mol. The van der Waals surface area contributed by atoms with Crippen molar-refractivity contribution in [3.63, 3.8) is 0 Å². The number of nitro benzene ring substituents is 1. The van der Waals surface area contributed by atoms with Gasteiger partial charge in [-0.2, -0.15) is 11.8 Å². The van der Waals surface area contributed by atoms with Gasteiger partial charge in [-0.05, 0) is 31.1 Å². The van der Waals surface area contributed by atoms with Gasteiger partial charge in [0.15, 0.2) is 0 Å². The first-order valence-corrected chi connectivity index (χ1v) is 8.35. The zero-order valence-electron chi connectivity index (χ0n) is 12.1. The van der Waals surface area contributed by atoms with Crippen LogP contribution in [-0.4, -0.2) is 22.5 Å². The molecule has 1 aromatic rings. The van der Waals surface area contributed by atoms with Gasteiger partial charge in [-0.3, -0.25) is 10.1 Å². The number of thioether (sulfide) groups is 1. The summed E-state index contributed by atoms with van der Waals surface area (Å²) < 4.78 is 0.383. The third-order valence-electron chi connectivity index (χ3n) is 4.26. The van der Waals surface area contributed by atoms with Crippen LogP contribution in [0.4, 0.5) is 5.69 Å². The van der Waals surface area contributed by atoms with Crippen molar-refractivity contribution in [3.05, 3.63) is 39.9 Å². The summed E-state index contributed by atoms with van der Waals surface area (Å²) in [5.74, 6) is 0. The van der Waals surface area contributed by atoms with Gasteiger partial charge in [-0.25, -0.2) is 0 Å². The number of nitrogens with one attached hydrogen (secondary N) is 1. The summed E-state index contributed by atoms with van der Waals surface area (Å²) in [6.07, 6.45) is 6.97. The fourth-order valence-electron chi connectivity index (χ4n) is 2.69. The molecule has 2 rings (SSSR count). The molecule has 1 aromatic carbocycles. The number of benzene rings is 1. The summed E-state index contributed by atoms with van der Waals surface area (Å²) in [6, 6.07) is 7.17. The van der Waals surface area contributed by atoms with E-state index in [0.717, 1.165) is 18.5 Å². The zero-order valence-corrected chi connectivity index (χ0v) is 12.9. The van der Waals surface area contributed by atoms with E-state index in [4.69, 9.17) is 0 Å². The minimum absolute atomic E-state index is 0.172. The number of hydrogen-bond donors (Lipinski definition) is 1. The van der Waals surface area contributed by atoms with Crippen LogP contribution in [0.15, 0.2) is 24.3 Å². The summed E-state index contributed by atoms with van der Waals surface area (Å²) in [6.45, 7) is 3.10. The van der Waals surface area contributed by atoms with E-state index in [1.54, 1.807) is 18.2 Å². The smallest absolute Gasteiger partial charge is 0.269 e. The Morgan fingerprint density at radius 1 is 1.50 bits per heavy atom. The van der Waals surface area contributed by atoms with Crippen LogP contribution < -0.4 is 5.32 Å². The van der Waals surface area contributed by atoms with E-state index in [1.165, 1.54) is 19.3 Å². The van der Waals surface area contributed by atoms with Crippen LogP contribution in [0.1, 0.15) is 44.2 Å². The van der Waals surface area contributed by atoms with Gasteiger partial charge in [0, 0.05) is 29.5 Å². The van der Waals surface area contributed by atoms with E-state index in [1.807, 2.05) is 17.8 Å². The van der Waals surface area contributed by atoms with Crippen LogP contribution in [0.3, 0.4) is 0 Å². The number of nitrogens with zero attached hydrogens (tertiary/aromatic N) is 1. The van der Waals surface area contributed by atoms with Gasteiger partial charge >= 0.3 is 0 Å². The third kappa shape index (κ3) is 3.33. The first kappa shape index (κ1) is 15.3. The van der Waals surface area contributed by atoms with Crippen molar-refractivity contribution in [2.45, 2.75) is 43.4 Å². The standard InChI is InChI=1S/C15H22N2O2S/c1-3-14(16-11-15(20-2)8-5-9-15)12-6-4-7-13(10-12)17(18)19/h4,6-7,10,14,16H,3,5,8-9,11H2,1-2H3. The molecule has 0 radical (unpaired) electrons. The maximum atomic E-state index is 10.9. The molecule has 110 valence electrons. The van der Waals surface area contributed by atoms with Gasteiger partial charge in [0.1, 0.15) is 0 Å². The molecule has 1 atom stereocenters. The van der Waals surface area contributed by atoms with E-state index < -0.39 is 0 Å². The Morgan fingerprint density at radius 2 is 2.25 bits per heavy atom. The molecule has 5 heteroatoms. The molecular formula is C15H22N2O2S. The normalized spacial score (nSPS) is 18.3. The highest BCUT2D eigenvalue weighted by molar-refractivity contribution is 8.00. The first-order valence-electron chi connectivity index (χ1n) is 7.13. The second-order valence-corrected chi connectivity index (χ2v) is 6.71. The number of nitro groups is 1. The predicted octanol–water partition coefficient (Wildman–Crippen LogP) is 3.92. The van der Waals surface area contributed by atoms with Crippen molar-refractivity contribution < 1.29 is 4.92 Å². The molecule has 20 heavy (non-hydrogen) atoms. The lowest BCUT2D eigenvalue weighted by Crippen LogP contribution is -2.44. The molecular weight excluding hydrogens is 272 g/mol. The summed E-state index contributed by atoms with van der Waals surface area (Å²) in [4.78, 5) is 10.5. The Hall–Kier alpha value is -1.07. The van der Waals surface area contributed by atoms with Gasteiger partial charge in [0.25, 0.3) is 5.69 Å². The molecule has 4 nitrogen and oxygen atoms in total. The number of rotatable bonds is 7. The summed E-state index contributed by atoms with van der Waals surface area (Å²) in [5.41, 5.74) is 1.18. The van der Waals surface area contributed by atoms with Crippen molar-refractivity contribution in [2.75, 3.05) is 12.8 Å². The Balaban J connectivity index is 2.04.